The lowest BCUT2D eigenvalue weighted by Gasteiger charge is -2.13. The van der Waals surface area contributed by atoms with Crippen molar-refractivity contribution < 1.29 is 14.7 Å². The third kappa shape index (κ3) is 25.2. The predicted molar refractivity (Wildman–Crippen MR) is 133 cm³/mol. The van der Waals surface area contributed by atoms with Gasteiger partial charge in [0.2, 0.25) is 0 Å². The number of likely N-dealkylation sites (N-methyl/N-ethyl adjacent to an activating group) is 1. The van der Waals surface area contributed by atoms with Gasteiger partial charge in [-0.2, -0.15) is 0 Å². The fraction of sp³-hybridized carbons (Fsp3) is 0.926. The highest BCUT2D eigenvalue weighted by Crippen LogP contribution is 2.14. The van der Waals surface area contributed by atoms with Gasteiger partial charge in [-0.1, -0.05) is 110 Å². The van der Waals surface area contributed by atoms with E-state index in [-0.39, 0.29) is 6.54 Å². The summed E-state index contributed by atoms with van der Waals surface area (Å²) in [6, 6.07) is 0. The summed E-state index contributed by atoms with van der Waals surface area (Å²) in [6.45, 7) is 3.28. The van der Waals surface area contributed by atoms with Crippen LogP contribution in [0.4, 0.5) is 0 Å². The molecule has 0 saturated heterocycles. The van der Waals surface area contributed by atoms with Crippen molar-refractivity contribution in [3.63, 3.8) is 0 Å². The average molecular weight is 440 g/mol. The van der Waals surface area contributed by atoms with E-state index in [1.54, 1.807) is 0 Å². The van der Waals surface area contributed by atoms with Crippen LogP contribution in [0.5, 0.6) is 0 Å². The lowest BCUT2D eigenvalue weighted by atomic mass is 10.0. The van der Waals surface area contributed by atoms with Gasteiger partial charge in [-0.25, -0.2) is 0 Å². The first kappa shape index (κ1) is 30.1. The molecule has 184 valence electrons. The molecule has 0 bridgehead atoms. The molecule has 4 heteroatoms. The number of unbranched alkanes of at least 4 members (excludes halogenated alkanes) is 17. The quantitative estimate of drug-likeness (QED) is 0.147. The van der Waals surface area contributed by atoms with Crippen LogP contribution in [0, 0.1) is 0 Å². The minimum absolute atomic E-state index is 0.144. The van der Waals surface area contributed by atoms with Crippen LogP contribution in [0.1, 0.15) is 142 Å². The summed E-state index contributed by atoms with van der Waals surface area (Å²) in [5.41, 5.74) is 0. The summed E-state index contributed by atoms with van der Waals surface area (Å²) in [5, 5.41) is 8.72. The van der Waals surface area contributed by atoms with E-state index in [0.717, 1.165) is 38.6 Å². The topological polar surface area (TPSA) is 57.6 Å². The molecule has 0 rings (SSSR count). The highest BCUT2D eigenvalue weighted by molar-refractivity contribution is 5.78. The van der Waals surface area contributed by atoms with Crippen molar-refractivity contribution in [3.05, 3.63) is 0 Å². The van der Waals surface area contributed by atoms with E-state index in [0.29, 0.717) is 5.78 Å². The lowest BCUT2D eigenvalue weighted by molar-refractivity contribution is -0.138. The van der Waals surface area contributed by atoms with E-state index in [4.69, 9.17) is 5.11 Å². The van der Waals surface area contributed by atoms with Gasteiger partial charge in [0.1, 0.15) is 5.78 Å². The van der Waals surface area contributed by atoms with Gasteiger partial charge in [0.05, 0.1) is 6.54 Å². The second-order valence-corrected chi connectivity index (χ2v) is 9.53. The number of carboxylic acids is 1. The first-order valence-electron chi connectivity index (χ1n) is 13.5. The SMILES string of the molecule is CCCCCCCCCCCC(=O)CCCCCCCCCCCCN(C)CC(=O)O. The summed E-state index contributed by atoms with van der Waals surface area (Å²) in [5.74, 6) is -0.261. The third-order valence-electron chi connectivity index (χ3n) is 6.21. The zero-order valence-corrected chi connectivity index (χ0v) is 21.0. The molecule has 0 spiro atoms. The number of ketones is 1. The molecule has 0 aliphatic carbocycles. The number of hydrogen-bond acceptors (Lipinski definition) is 3. The standard InChI is InChI=1S/C27H53NO3/c1-3-4-5-6-7-10-13-16-19-22-26(29)23-20-17-14-11-8-9-12-15-18-21-24-28(2)25-27(30)31/h3-25H2,1-2H3,(H,30,31). The molecule has 0 aliphatic rings. The first-order valence-corrected chi connectivity index (χ1v) is 13.5. The molecular weight excluding hydrogens is 386 g/mol. The van der Waals surface area contributed by atoms with Crippen LogP contribution in [0.2, 0.25) is 0 Å². The number of carboxylic acid groups (broad SMARTS) is 1. The second-order valence-electron chi connectivity index (χ2n) is 9.53. The molecule has 0 aromatic heterocycles. The van der Waals surface area contributed by atoms with Crippen LogP contribution in [-0.2, 0) is 9.59 Å². The molecule has 0 aliphatic heterocycles. The van der Waals surface area contributed by atoms with E-state index >= 15 is 0 Å². The van der Waals surface area contributed by atoms with Gasteiger partial charge in [0.15, 0.2) is 0 Å². The van der Waals surface area contributed by atoms with E-state index in [9.17, 15) is 9.59 Å². The molecule has 0 aromatic carbocycles. The molecule has 0 saturated carbocycles. The van der Waals surface area contributed by atoms with E-state index in [1.165, 1.54) is 103 Å². The smallest absolute Gasteiger partial charge is 0.317 e. The van der Waals surface area contributed by atoms with Gasteiger partial charge < -0.3 is 5.11 Å². The largest absolute Gasteiger partial charge is 0.480 e. The molecule has 0 amide bonds. The van der Waals surface area contributed by atoms with Crippen molar-refractivity contribution in [2.24, 2.45) is 0 Å². The Kier molecular flexibility index (Phi) is 23.1. The van der Waals surface area contributed by atoms with Crippen LogP contribution in [-0.4, -0.2) is 41.9 Å². The van der Waals surface area contributed by atoms with Crippen LogP contribution < -0.4 is 0 Å². The fourth-order valence-electron chi connectivity index (χ4n) is 4.19. The molecule has 0 heterocycles. The summed E-state index contributed by atoms with van der Waals surface area (Å²) >= 11 is 0. The highest BCUT2D eigenvalue weighted by atomic mass is 16.4. The van der Waals surface area contributed by atoms with Crippen LogP contribution >= 0.6 is 0 Å². The monoisotopic (exact) mass is 439 g/mol. The Morgan fingerprint density at radius 3 is 1.32 bits per heavy atom. The Balaban J connectivity index is 3.21. The first-order chi connectivity index (χ1) is 15.1. The van der Waals surface area contributed by atoms with Crippen molar-refractivity contribution >= 4 is 11.8 Å². The normalized spacial score (nSPS) is 11.3. The molecule has 0 fully saturated rings. The Hall–Kier alpha value is -0.900. The van der Waals surface area contributed by atoms with Crippen LogP contribution in [0.25, 0.3) is 0 Å². The molecule has 1 N–H and O–H groups in total. The maximum atomic E-state index is 12.0. The van der Waals surface area contributed by atoms with Crippen LogP contribution in [0.15, 0.2) is 0 Å². The number of carbonyl (C=O) groups excluding carboxylic acids is 1. The van der Waals surface area contributed by atoms with Crippen LogP contribution in [0.3, 0.4) is 0 Å². The Morgan fingerprint density at radius 2 is 0.935 bits per heavy atom. The number of nitrogens with zero attached hydrogens (tertiary/aromatic N) is 1. The third-order valence-corrected chi connectivity index (χ3v) is 6.21. The summed E-state index contributed by atoms with van der Waals surface area (Å²) in [4.78, 5) is 24.4. The number of aliphatic carboxylic acids is 1. The van der Waals surface area contributed by atoms with Gasteiger partial charge in [0, 0.05) is 12.8 Å². The number of rotatable bonds is 25. The predicted octanol–water partition coefficient (Wildman–Crippen LogP) is 7.78. The maximum Gasteiger partial charge on any atom is 0.317 e. The minimum atomic E-state index is -0.745. The van der Waals surface area contributed by atoms with Gasteiger partial charge in [-0.15, -0.1) is 0 Å². The molecule has 0 radical (unpaired) electrons. The molecule has 31 heavy (non-hydrogen) atoms. The average Bonchev–Trinajstić information content (AvgIpc) is 2.72. The van der Waals surface area contributed by atoms with Crippen molar-refractivity contribution in [3.8, 4) is 0 Å². The lowest BCUT2D eigenvalue weighted by Crippen LogP contribution is -2.26. The summed E-state index contributed by atoms with van der Waals surface area (Å²) in [6.07, 6.45) is 25.8. The fourth-order valence-corrected chi connectivity index (χ4v) is 4.19. The van der Waals surface area contributed by atoms with Crippen molar-refractivity contribution in [1.29, 1.82) is 0 Å². The highest BCUT2D eigenvalue weighted by Gasteiger charge is 2.04. The minimum Gasteiger partial charge on any atom is -0.480 e. The summed E-state index contributed by atoms with van der Waals surface area (Å²) in [7, 11) is 1.87. The second kappa shape index (κ2) is 23.8. The molecule has 0 atom stereocenters. The Labute approximate surface area is 193 Å². The Bertz CT molecular complexity index is 411. The van der Waals surface area contributed by atoms with Gasteiger partial charge >= 0.3 is 5.97 Å². The van der Waals surface area contributed by atoms with E-state index < -0.39 is 5.97 Å². The zero-order chi connectivity index (χ0) is 23.0. The van der Waals surface area contributed by atoms with E-state index in [1.807, 2.05) is 11.9 Å². The van der Waals surface area contributed by atoms with E-state index in [2.05, 4.69) is 6.92 Å². The molecular formula is C27H53NO3. The molecule has 4 nitrogen and oxygen atoms in total. The van der Waals surface area contributed by atoms with Crippen molar-refractivity contribution in [2.45, 2.75) is 142 Å². The zero-order valence-electron chi connectivity index (χ0n) is 21.0. The van der Waals surface area contributed by atoms with Gasteiger partial charge in [-0.05, 0) is 32.9 Å². The maximum absolute atomic E-state index is 12.0. The summed E-state index contributed by atoms with van der Waals surface area (Å²) < 4.78 is 0. The van der Waals surface area contributed by atoms with Crippen molar-refractivity contribution in [2.75, 3.05) is 20.1 Å². The molecule has 0 aromatic rings. The van der Waals surface area contributed by atoms with Crippen molar-refractivity contribution in [1.82, 2.24) is 4.90 Å². The number of hydrogen-bond donors (Lipinski definition) is 1. The van der Waals surface area contributed by atoms with Gasteiger partial charge in [-0.3, -0.25) is 14.5 Å². The number of carbonyl (C=O) groups is 2. The molecule has 0 unspecified atom stereocenters. The number of Topliss-reactive ketones (excluding diaryl/α,β-unsaturated/α-hetero) is 1. The Morgan fingerprint density at radius 1 is 0.581 bits per heavy atom. The van der Waals surface area contributed by atoms with Gasteiger partial charge in [0.25, 0.3) is 0 Å².